The van der Waals surface area contributed by atoms with Gasteiger partial charge in [-0.1, -0.05) is 30.3 Å². The second kappa shape index (κ2) is 5.08. The van der Waals surface area contributed by atoms with E-state index in [9.17, 15) is 0 Å². The van der Waals surface area contributed by atoms with Crippen molar-refractivity contribution in [2.24, 2.45) is 5.73 Å². The summed E-state index contributed by atoms with van der Waals surface area (Å²) in [4.78, 5) is 3.85. The molecule has 2 N–H and O–H groups in total. The number of thiophene rings is 1. The summed E-state index contributed by atoms with van der Waals surface area (Å²) in [7, 11) is 2.21. The van der Waals surface area contributed by atoms with Gasteiger partial charge in [0.1, 0.15) is 0 Å². The van der Waals surface area contributed by atoms with Gasteiger partial charge in [0.05, 0.1) is 0 Å². The molecule has 1 aliphatic rings. The van der Waals surface area contributed by atoms with Crippen LogP contribution < -0.4 is 5.73 Å². The molecule has 2 nitrogen and oxygen atoms in total. The molecular formula is C16H20N2S. The molecule has 0 aliphatic heterocycles. The molecular weight excluding hydrogens is 252 g/mol. The van der Waals surface area contributed by atoms with E-state index in [0.29, 0.717) is 6.54 Å². The normalized spacial score (nSPS) is 16.8. The summed E-state index contributed by atoms with van der Waals surface area (Å²) in [6.45, 7) is 1.70. The van der Waals surface area contributed by atoms with Gasteiger partial charge in [-0.05, 0) is 42.5 Å². The first-order valence-corrected chi connectivity index (χ1v) is 7.62. The Morgan fingerprint density at radius 3 is 2.37 bits per heavy atom. The minimum Gasteiger partial charge on any atom is -0.329 e. The molecule has 1 heterocycles. The fourth-order valence-electron chi connectivity index (χ4n) is 3.05. The Kier molecular flexibility index (Phi) is 3.44. The first-order valence-electron chi connectivity index (χ1n) is 6.74. The summed E-state index contributed by atoms with van der Waals surface area (Å²) < 4.78 is 0. The van der Waals surface area contributed by atoms with Gasteiger partial charge < -0.3 is 5.73 Å². The molecule has 0 radical (unpaired) electrons. The van der Waals surface area contributed by atoms with Gasteiger partial charge in [0.25, 0.3) is 0 Å². The molecule has 2 aromatic rings. The Hall–Kier alpha value is -1.16. The Bertz CT molecular complexity index is 523. The topological polar surface area (TPSA) is 29.3 Å². The highest BCUT2D eigenvalue weighted by Crippen LogP contribution is 2.34. The van der Waals surface area contributed by atoms with Crippen molar-refractivity contribution in [2.45, 2.75) is 24.9 Å². The van der Waals surface area contributed by atoms with E-state index in [1.165, 1.54) is 16.0 Å². The van der Waals surface area contributed by atoms with E-state index >= 15 is 0 Å². The van der Waals surface area contributed by atoms with Crippen LogP contribution in [0.15, 0.2) is 41.8 Å². The molecule has 1 aromatic heterocycles. The molecule has 0 bridgehead atoms. The highest BCUT2D eigenvalue weighted by molar-refractivity contribution is 7.09. The average Bonchev–Trinajstić information content (AvgIpc) is 3.05. The molecule has 1 aliphatic carbocycles. The number of hydrogen-bond donors (Lipinski definition) is 1. The monoisotopic (exact) mass is 272 g/mol. The summed E-state index contributed by atoms with van der Waals surface area (Å²) in [6.07, 6.45) is 2.14. The number of rotatable bonds is 4. The minimum atomic E-state index is 0.0909. The smallest absolute Gasteiger partial charge is 0.0413 e. The molecule has 3 rings (SSSR count). The van der Waals surface area contributed by atoms with E-state index in [4.69, 9.17) is 5.73 Å². The van der Waals surface area contributed by atoms with Crippen LogP contribution in [0.1, 0.15) is 16.0 Å². The molecule has 0 fully saturated rings. The molecule has 0 saturated heterocycles. The lowest BCUT2D eigenvalue weighted by atomic mass is 9.93. The van der Waals surface area contributed by atoms with Gasteiger partial charge in [-0.25, -0.2) is 0 Å². The SMILES string of the molecule is CN(Cc1cccs1)C1(CN)Cc2ccccc2C1. The minimum absolute atomic E-state index is 0.0909. The van der Waals surface area contributed by atoms with Crippen LogP contribution in [0, 0.1) is 0 Å². The van der Waals surface area contributed by atoms with Gasteiger partial charge >= 0.3 is 0 Å². The zero-order valence-corrected chi connectivity index (χ0v) is 12.1. The number of hydrogen-bond acceptors (Lipinski definition) is 3. The Morgan fingerprint density at radius 1 is 1.16 bits per heavy atom. The molecule has 100 valence electrons. The summed E-state index contributed by atoms with van der Waals surface area (Å²) in [5, 5.41) is 2.14. The number of nitrogens with two attached hydrogens (primary N) is 1. The highest BCUT2D eigenvalue weighted by atomic mass is 32.1. The Balaban J connectivity index is 1.82. The second-order valence-corrected chi connectivity index (χ2v) is 6.52. The number of benzene rings is 1. The van der Waals surface area contributed by atoms with Crippen molar-refractivity contribution in [1.29, 1.82) is 0 Å². The quantitative estimate of drug-likeness (QED) is 0.927. The lowest BCUT2D eigenvalue weighted by Gasteiger charge is -2.37. The predicted molar refractivity (Wildman–Crippen MR) is 81.4 cm³/mol. The zero-order valence-electron chi connectivity index (χ0n) is 11.3. The summed E-state index contributed by atoms with van der Waals surface area (Å²) in [5.41, 5.74) is 9.16. The van der Waals surface area contributed by atoms with Crippen LogP contribution in [0.4, 0.5) is 0 Å². The van der Waals surface area contributed by atoms with Crippen molar-refractivity contribution >= 4 is 11.3 Å². The highest BCUT2D eigenvalue weighted by Gasteiger charge is 2.39. The molecule has 0 atom stereocenters. The molecule has 19 heavy (non-hydrogen) atoms. The lowest BCUT2D eigenvalue weighted by molar-refractivity contribution is 0.129. The molecule has 0 spiro atoms. The van der Waals surface area contributed by atoms with Crippen molar-refractivity contribution < 1.29 is 0 Å². The summed E-state index contributed by atoms with van der Waals surface area (Å²) in [6, 6.07) is 13.1. The van der Waals surface area contributed by atoms with E-state index in [0.717, 1.165) is 19.4 Å². The van der Waals surface area contributed by atoms with Crippen LogP contribution in [-0.2, 0) is 19.4 Å². The van der Waals surface area contributed by atoms with Gasteiger partial charge in [0.2, 0.25) is 0 Å². The molecule has 0 unspecified atom stereocenters. The van der Waals surface area contributed by atoms with Crippen LogP contribution >= 0.6 is 11.3 Å². The second-order valence-electron chi connectivity index (χ2n) is 5.49. The van der Waals surface area contributed by atoms with E-state index in [1.807, 2.05) is 11.3 Å². The Labute approximate surface area is 118 Å². The average molecular weight is 272 g/mol. The van der Waals surface area contributed by atoms with Crippen LogP contribution in [0.5, 0.6) is 0 Å². The first kappa shape index (κ1) is 12.9. The molecule has 0 saturated carbocycles. The van der Waals surface area contributed by atoms with Crippen molar-refractivity contribution in [3.8, 4) is 0 Å². The van der Waals surface area contributed by atoms with Gasteiger partial charge in [0, 0.05) is 23.5 Å². The van der Waals surface area contributed by atoms with Gasteiger partial charge in [-0.3, -0.25) is 4.90 Å². The van der Waals surface area contributed by atoms with Crippen LogP contribution in [0.2, 0.25) is 0 Å². The van der Waals surface area contributed by atoms with Crippen LogP contribution in [0.25, 0.3) is 0 Å². The van der Waals surface area contributed by atoms with Crippen LogP contribution in [0.3, 0.4) is 0 Å². The number of nitrogens with zero attached hydrogens (tertiary/aromatic N) is 1. The Morgan fingerprint density at radius 2 is 1.84 bits per heavy atom. The fourth-order valence-corrected chi connectivity index (χ4v) is 3.81. The van der Waals surface area contributed by atoms with Crippen molar-refractivity contribution in [1.82, 2.24) is 4.90 Å². The standard InChI is InChI=1S/C16H20N2S/c1-18(11-15-7-4-8-19-15)16(12-17)9-13-5-2-3-6-14(13)10-16/h2-8H,9-12,17H2,1H3. The first-order chi connectivity index (χ1) is 9.23. The predicted octanol–water partition coefficient (Wildman–Crippen LogP) is 2.68. The molecule has 1 aromatic carbocycles. The molecule has 0 amide bonds. The van der Waals surface area contributed by atoms with Crippen LogP contribution in [-0.4, -0.2) is 24.0 Å². The third kappa shape index (κ3) is 2.34. The third-order valence-corrected chi connectivity index (χ3v) is 5.18. The fraction of sp³-hybridized carbons (Fsp3) is 0.375. The van der Waals surface area contributed by atoms with Crippen molar-refractivity contribution in [2.75, 3.05) is 13.6 Å². The molecule has 3 heteroatoms. The zero-order chi connectivity index (χ0) is 13.3. The maximum Gasteiger partial charge on any atom is 0.0413 e. The number of fused-ring (bicyclic) bond motifs is 1. The van der Waals surface area contributed by atoms with E-state index in [2.05, 4.69) is 53.7 Å². The largest absolute Gasteiger partial charge is 0.329 e. The summed E-state index contributed by atoms with van der Waals surface area (Å²) >= 11 is 1.82. The van der Waals surface area contributed by atoms with E-state index in [-0.39, 0.29) is 5.54 Å². The van der Waals surface area contributed by atoms with Gasteiger partial charge in [-0.15, -0.1) is 11.3 Å². The lowest BCUT2D eigenvalue weighted by Crippen LogP contribution is -2.52. The van der Waals surface area contributed by atoms with Crippen molar-refractivity contribution in [3.05, 3.63) is 57.8 Å². The van der Waals surface area contributed by atoms with E-state index in [1.54, 1.807) is 0 Å². The maximum absolute atomic E-state index is 6.14. The van der Waals surface area contributed by atoms with Gasteiger partial charge in [-0.2, -0.15) is 0 Å². The summed E-state index contributed by atoms with van der Waals surface area (Å²) in [5.74, 6) is 0. The number of likely N-dealkylation sites (N-methyl/N-ethyl adjacent to an activating group) is 1. The van der Waals surface area contributed by atoms with E-state index < -0.39 is 0 Å². The van der Waals surface area contributed by atoms with Crippen molar-refractivity contribution in [3.63, 3.8) is 0 Å². The maximum atomic E-state index is 6.14. The third-order valence-electron chi connectivity index (χ3n) is 4.32. The van der Waals surface area contributed by atoms with Gasteiger partial charge in [0.15, 0.2) is 0 Å².